The van der Waals surface area contributed by atoms with Crippen molar-refractivity contribution in [1.82, 2.24) is 4.90 Å². The molecular formula is C15H24ClN. The van der Waals surface area contributed by atoms with Gasteiger partial charge in [-0.05, 0) is 51.4 Å². The lowest BCUT2D eigenvalue weighted by Gasteiger charge is -2.16. The van der Waals surface area contributed by atoms with Crippen molar-refractivity contribution in [3.63, 3.8) is 0 Å². The van der Waals surface area contributed by atoms with Gasteiger partial charge in [-0.25, -0.2) is 0 Å². The maximum atomic E-state index is 5.65. The number of benzene rings is 1. The molecule has 1 aromatic carbocycles. The molecule has 0 atom stereocenters. The van der Waals surface area contributed by atoms with Gasteiger partial charge in [0, 0.05) is 5.88 Å². The Kier molecular flexibility index (Phi) is 8.12. The van der Waals surface area contributed by atoms with E-state index in [0.29, 0.717) is 0 Å². The van der Waals surface area contributed by atoms with Gasteiger partial charge in [0.2, 0.25) is 0 Å². The SMILES string of the molecule is CN(CCCCCCl)CCCc1ccccc1. The molecule has 0 saturated carbocycles. The summed E-state index contributed by atoms with van der Waals surface area (Å²) in [5.74, 6) is 0.803. The summed E-state index contributed by atoms with van der Waals surface area (Å²) < 4.78 is 0. The normalized spacial score (nSPS) is 11.0. The first-order chi connectivity index (χ1) is 8.33. The predicted molar refractivity (Wildman–Crippen MR) is 76.8 cm³/mol. The van der Waals surface area contributed by atoms with Crippen LogP contribution in [0.3, 0.4) is 0 Å². The molecule has 0 heterocycles. The van der Waals surface area contributed by atoms with E-state index in [-0.39, 0.29) is 0 Å². The summed E-state index contributed by atoms with van der Waals surface area (Å²) in [7, 11) is 2.21. The molecule has 0 unspecified atom stereocenters. The van der Waals surface area contributed by atoms with Crippen molar-refractivity contribution in [2.75, 3.05) is 26.0 Å². The van der Waals surface area contributed by atoms with Gasteiger partial charge in [-0.1, -0.05) is 36.8 Å². The summed E-state index contributed by atoms with van der Waals surface area (Å²) in [6, 6.07) is 10.7. The van der Waals surface area contributed by atoms with E-state index in [1.165, 1.54) is 44.3 Å². The molecule has 0 radical (unpaired) electrons. The quantitative estimate of drug-likeness (QED) is 0.476. The first-order valence-electron chi connectivity index (χ1n) is 6.61. The average Bonchev–Trinajstić information content (AvgIpc) is 2.36. The Bertz CT molecular complexity index is 274. The molecule has 0 amide bonds. The summed E-state index contributed by atoms with van der Waals surface area (Å²) >= 11 is 5.65. The number of rotatable bonds is 9. The van der Waals surface area contributed by atoms with Gasteiger partial charge >= 0.3 is 0 Å². The second-order valence-electron chi connectivity index (χ2n) is 4.64. The molecular weight excluding hydrogens is 230 g/mol. The van der Waals surface area contributed by atoms with E-state index < -0.39 is 0 Å². The van der Waals surface area contributed by atoms with Gasteiger partial charge < -0.3 is 4.90 Å². The van der Waals surface area contributed by atoms with E-state index in [9.17, 15) is 0 Å². The molecule has 0 N–H and O–H groups in total. The van der Waals surface area contributed by atoms with Crippen LogP contribution in [0.1, 0.15) is 31.2 Å². The standard InChI is InChI=1S/C15H24ClN/c1-17(13-7-3-6-12-16)14-8-11-15-9-4-2-5-10-15/h2,4-5,9-10H,3,6-8,11-14H2,1H3. The van der Waals surface area contributed by atoms with Crippen molar-refractivity contribution in [3.05, 3.63) is 35.9 Å². The molecule has 2 heteroatoms. The van der Waals surface area contributed by atoms with E-state index >= 15 is 0 Å². The highest BCUT2D eigenvalue weighted by Crippen LogP contribution is 2.04. The summed E-state index contributed by atoms with van der Waals surface area (Å²) in [4.78, 5) is 2.43. The van der Waals surface area contributed by atoms with E-state index in [2.05, 4.69) is 42.3 Å². The van der Waals surface area contributed by atoms with Crippen LogP contribution in [0, 0.1) is 0 Å². The number of hydrogen-bond acceptors (Lipinski definition) is 1. The maximum Gasteiger partial charge on any atom is 0.0223 e. The topological polar surface area (TPSA) is 3.24 Å². The van der Waals surface area contributed by atoms with Crippen LogP contribution in [0.2, 0.25) is 0 Å². The van der Waals surface area contributed by atoms with E-state index in [0.717, 1.165) is 12.3 Å². The summed E-state index contributed by atoms with van der Waals surface area (Å²) in [5, 5.41) is 0. The van der Waals surface area contributed by atoms with Gasteiger partial charge in [0.15, 0.2) is 0 Å². The van der Waals surface area contributed by atoms with Crippen LogP contribution >= 0.6 is 11.6 Å². The zero-order chi connectivity index (χ0) is 12.3. The number of hydrogen-bond donors (Lipinski definition) is 0. The minimum Gasteiger partial charge on any atom is -0.306 e. The highest BCUT2D eigenvalue weighted by molar-refractivity contribution is 6.17. The second-order valence-corrected chi connectivity index (χ2v) is 5.02. The van der Waals surface area contributed by atoms with Crippen LogP contribution in [0.4, 0.5) is 0 Å². The van der Waals surface area contributed by atoms with Gasteiger partial charge in [-0.3, -0.25) is 0 Å². The lowest BCUT2D eigenvalue weighted by Crippen LogP contribution is -2.21. The molecule has 0 aliphatic rings. The average molecular weight is 254 g/mol. The summed E-state index contributed by atoms with van der Waals surface area (Å²) in [6.45, 7) is 2.39. The first-order valence-corrected chi connectivity index (χ1v) is 7.15. The van der Waals surface area contributed by atoms with Crippen molar-refractivity contribution in [2.45, 2.75) is 32.1 Å². The number of halogens is 1. The van der Waals surface area contributed by atoms with Crippen LogP contribution in [0.5, 0.6) is 0 Å². The maximum absolute atomic E-state index is 5.65. The Morgan fingerprint density at radius 3 is 2.35 bits per heavy atom. The van der Waals surface area contributed by atoms with Crippen molar-refractivity contribution >= 4 is 11.6 Å². The Hall–Kier alpha value is -0.530. The number of nitrogens with zero attached hydrogens (tertiary/aromatic N) is 1. The molecule has 96 valence electrons. The zero-order valence-electron chi connectivity index (χ0n) is 10.9. The molecule has 0 saturated heterocycles. The van der Waals surface area contributed by atoms with E-state index in [1.54, 1.807) is 0 Å². The fraction of sp³-hybridized carbons (Fsp3) is 0.600. The Labute approximate surface area is 111 Å². The molecule has 17 heavy (non-hydrogen) atoms. The molecule has 0 aromatic heterocycles. The fourth-order valence-electron chi connectivity index (χ4n) is 1.96. The van der Waals surface area contributed by atoms with Crippen LogP contribution in [0.25, 0.3) is 0 Å². The van der Waals surface area contributed by atoms with Crippen molar-refractivity contribution in [2.24, 2.45) is 0 Å². The lowest BCUT2D eigenvalue weighted by molar-refractivity contribution is 0.321. The highest BCUT2D eigenvalue weighted by Gasteiger charge is 1.98. The molecule has 1 rings (SSSR count). The third kappa shape index (κ3) is 7.40. The molecule has 0 spiro atoms. The highest BCUT2D eigenvalue weighted by atomic mass is 35.5. The summed E-state index contributed by atoms with van der Waals surface area (Å²) in [6.07, 6.45) is 6.11. The van der Waals surface area contributed by atoms with Gasteiger partial charge in [0.25, 0.3) is 0 Å². The van der Waals surface area contributed by atoms with E-state index in [1.807, 2.05) is 0 Å². The monoisotopic (exact) mass is 253 g/mol. The minimum absolute atomic E-state index is 0.803. The third-order valence-electron chi connectivity index (χ3n) is 3.02. The van der Waals surface area contributed by atoms with Crippen LogP contribution in [0.15, 0.2) is 30.3 Å². The number of aryl methyl sites for hydroxylation is 1. The van der Waals surface area contributed by atoms with Crippen molar-refractivity contribution < 1.29 is 0 Å². The third-order valence-corrected chi connectivity index (χ3v) is 3.29. The number of unbranched alkanes of at least 4 members (excludes halogenated alkanes) is 2. The minimum atomic E-state index is 0.803. The molecule has 0 fully saturated rings. The molecule has 0 bridgehead atoms. The molecule has 0 aliphatic heterocycles. The Balaban J connectivity index is 2.02. The smallest absolute Gasteiger partial charge is 0.0223 e. The molecule has 1 nitrogen and oxygen atoms in total. The van der Waals surface area contributed by atoms with Crippen molar-refractivity contribution in [3.8, 4) is 0 Å². The van der Waals surface area contributed by atoms with Gasteiger partial charge in [0.05, 0.1) is 0 Å². The number of alkyl halides is 1. The van der Waals surface area contributed by atoms with Gasteiger partial charge in [-0.2, -0.15) is 0 Å². The van der Waals surface area contributed by atoms with Crippen molar-refractivity contribution in [1.29, 1.82) is 0 Å². The predicted octanol–water partition coefficient (Wildman–Crippen LogP) is 3.96. The molecule has 0 aliphatic carbocycles. The second kappa shape index (κ2) is 9.49. The lowest BCUT2D eigenvalue weighted by atomic mass is 10.1. The first kappa shape index (κ1) is 14.5. The van der Waals surface area contributed by atoms with E-state index in [4.69, 9.17) is 11.6 Å². The van der Waals surface area contributed by atoms with Gasteiger partial charge in [-0.15, -0.1) is 11.6 Å². The Morgan fingerprint density at radius 2 is 1.65 bits per heavy atom. The van der Waals surface area contributed by atoms with Gasteiger partial charge in [0.1, 0.15) is 0 Å². The Morgan fingerprint density at radius 1 is 0.941 bits per heavy atom. The van der Waals surface area contributed by atoms with Crippen LogP contribution in [-0.2, 0) is 6.42 Å². The van der Waals surface area contributed by atoms with Crippen LogP contribution in [-0.4, -0.2) is 30.9 Å². The summed E-state index contributed by atoms with van der Waals surface area (Å²) in [5.41, 5.74) is 1.45. The zero-order valence-corrected chi connectivity index (χ0v) is 11.6. The van der Waals surface area contributed by atoms with Crippen LogP contribution < -0.4 is 0 Å². The molecule has 1 aromatic rings. The largest absolute Gasteiger partial charge is 0.306 e. The fourth-order valence-corrected chi connectivity index (χ4v) is 2.15.